The van der Waals surface area contributed by atoms with Crippen LogP contribution in [-0.2, 0) is 16.1 Å². The smallest absolute Gasteiger partial charge is 0.338 e. The lowest BCUT2D eigenvalue weighted by atomic mass is 10.1. The standard InChI is InChI=1S/C20H21FN8O5/c1-8-4-9(17(30)27-13(19(33)34)5-11(21)18(31)32)2-3-12(8)24-6-10-7-25-16-14(26-10)15(22)28-20(23)29-16/h2-4,7,11,13,24H,5-6H2,1H3,(H,27,30)(H,31,32)(H,33,34)(H4,22,23,25,28,29)/t11-,13-/m0/s1. The fraction of sp³-hybridized carbons (Fsp3) is 0.250. The van der Waals surface area contributed by atoms with E-state index in [1.54, 1.807) is 13.0 Å². The minimum absolute atomic E-state index is 0.00833. The topological polar surface area (TPSA) is 219 Å². The van der Waals surface area contributed by atoms with Gasteiger partial charge >= 0.3 is 11.9 Å². The van der Waals surface area contributed by atoms with Crippen LogP contribution >= 0.6 is 0 Å². The third-order valence-electron chi connectivity index (χ3n) is 4.76. The van der Waals surface area contributed by atoms with Gasteiger partial charge in [-0.3, -0.25) is 4.79 Å². The first-order chi connectivity index (χ1) is 16.0. The lowest BCUT2D eigenvalue weighted by Gasteiger charge is -2.16. The van der Waals surface area contributed by atoms with Crippen LogP contribution in [-0.4, -0.2) is 60.2 Å². The minimum Gasteiger partial charge on any atom is -0.480 e. The maximum atomic E-state index is 13.4. The van der Waals surface area contributed by atoms with Gasteiger partial charge in [-0.15, -0.1) is 0 Å². The average molecular weight is 472 g/mol. The number of anilines is 3. The Morgan fingerprint density at radius 1 is 1.12 bits per heavy atom. The maximum Gasteiger partial charge on any atom is 0.338 e. The average Bonchev–Trinajstić information content (AvgIpc) is 2.77. The van der Waals surface area contributed by atoms with Crippen LogP contribution in [0.5, 0.6) is 0 Å². The molecule has 0 aliphatic rings. The maximum absolute atomic E-state index is 13.4. The van der Waals surface area contributed by atoms with Crippen molar-refractivity contribution in [2.75, 3.05) is 16.8 Å². The highest BCUT2D eigenvalue weighted by molar-refractivity contribution is 5.97. The molecule has 0 saturated carbocycles. The fourth-order valence-corrected chi connectivity index (χ4v) is 3.03. The second-order valence-corrected chi connectivity index (χ2v) is 7.29. The van der Waals surface area contributed by atoms with Gasteiger partial charge in [-0.25, -0.2) is 23.9 Å². The number of aliphatic carboxylic acids is 2. The highest BCUT2D eigenvalue weighted by Crippen LogP contribution is 2.19. The van der Waals surface area contributed by atoms with Crippen molar-refractivity contribution >= 4 is 46.5 Å². The largest absolute Gasteiger partial charge is 0.480 e. The molecule has 14 heteroatoms. The monoisotopic (exact) mass is 472 g/mol. The number of carbonyl (C=O) groups excluding carboxylic acids is 1. The van der Waals surface area contributed by atoms with Gasteiger partial charge in [0.2, 0.25) is 5.95 Å². The molecule has 1 amide bonds. The number of carboxylic acids is 2. The minimum atomic E-state index is -2.42. The highest BCUT2D eigenvalue weighted by Gasteiger charge is 2.28. The third kappa shape index (κ3) is 5.59. The molecule has 0 aliphatic carbocycles. The summed E-state index contributed by atoms with van der Waals surface area (Å²) in [6, 6.07) is 2.84. The number of hydrogen-bond acceptors (Lipinski definition) is 10. The highest BCUT2D eigenvalue weighted by atomic mass is 19.1. The molecule has 0 spiro atoms. The molecular weight excluding hydrogens is 451 g/mol. The number of amides is 1. The molecule has 2 atom stereocenters. The van der Waals surface area contributed by atoms with Crippen molar-refractivity contribution in [2.45, 2.75) is 32.1 Å². The zero-order valence-corrected chi connectivity index (χ0v) is 17.8. The van der Waals surface area contributed by atoms with E-state index in [0.29, 0.717) is 22.5 Å². The zero-order chi connectivity index (χ0) is 25.0. The van der Waals surface area contributed by atoms with Gasteiger partial charge in [0.15, 0.2) is 23.2 Å². The van der Waals surface area contributed by atoms with Gasteiger partial charge in [0.05, 0.1) is 18.4 Å². The van der Waals surface area contributed by atoms with Crippen molar-refractivity contribution in [3.63, 3.8) is 0 Å². The number of halogens is 1. The summed E-state index contributed by atoms with van der Waals surface area (Å²) in [4.78, 5) is 50.7. The molecule has 2 aromatic heterocycles. The van der Waals surface area contributed by atoms with Crippen LogP contribution in [0.3, 0.4) is 0 Å². The number of hydrogen-bond donors (Lipinski definition) is 6. The van der Waals surface area contributed by atoms with Crippen molar-refractivity contribution in [3.05, 3.63) is 41.2 Å². The number of nitrogen functional groups attached to an aromatic ring is 2. The molecule has 2 heterocycles. The van der Waals surface area contributed by atoms with E-state index in [9.17, 15) is 18.8 Å². The van der Waals surface area contributed by atoms with Gasteiger partial charge < -0.3 is 32.3 Å². The second-order valence-electron chi connectivity index (χ2n) is 7.29. The van der Waals surface area contributed by atoms with Crippen LogP contribution in [0.25, 0.3) is 11.2 Å². The first-order valence-corrected chi connectivity index (χ1v) is 9.84. The van der Waals surface area contributed by atoms with Crippen molar-refractivity contribution in [1.82, 2.24) is 25.3 Å². The van der Waals surface area contributed by atoms with Crippen LogP contribution in [0.1, 0.15) is 28.0 Å². The number of carbonyl (C=O) groups is 3. The predicted octanol–water partition coefficient (Wildman–Crippen LogP) is 0.501. The lowest BCUT2D eigenvalue weighted by molar-refractivity contribution is -0.145. The van der Waals surface area contributed by atoms with Crippen LogP contribution in [0, 0.1) is 6.92 Å². The number of benzene rings is 1. The Hall–Kier alpha value is -4.62. The van der Waals surface area contributed by atoms with Gasteiger partial charge in [-0.1, -0.05) is 0 Å². The van der Waals surface area contributed by atoms with E-state index < -0.39 is 36.5 Å². The summed E-state index contributed by atoms with van der Waals surface area (Å²) in [6.45, 7) is 1.98. The normalized spacial score (nSPS) is 12.6. The van der Waals surface area contributed by atoms with E-state index in [1.807, 2.05) is 0 Å². The van der Waals surface area contributed by atoms with Crippen LogP contribution < -0.4 is 22.1 Å². The van der Waals surface area contributed by atoms with E-state index in [2.05, 4.69) is 30.6 Å². The number of nitrogens with two attached hydrogens (primary N) is 2. The van der Waals surface area contributed by atoms with Crippen LogP contribution in [0.15, 0.2) is 24.4 Å². The second kappa shape index (κ2) is 9.89. The Morgan fingerprint density at radius 2 is 1.85 bits per heavy atom. The summed E-state index contributed by atoms with van der Waals surface area (Å²) in [5, 5.41) is 23.1. The number of nitrogens with zero attached hydrogens (tertiary/aromatic N) is 4. The molecule has 0 aliphatic heterocycles. The molecule has 34 heavy (non-hydrogen) atoms. The number of nitrogens with one attached hydrogen (secondary N) is 2. The fourth-order valence-electron chi connectivity index (χ4n) is 3.03. The van der Waals surface area contributed by atoms with Gasteiger partial charge in [0.25, 0.3) is 5.91 Å². The van der Waals surface area contributed by atoms with E-state index >= 15 is 0 Å². The van der Waals surface area contributed by atoms with Crippen molar-refractivity contribution in [2.24, 2.45) is 0 Å². The molecule has 3 aromatic rings. The van der Waals surface area contributed by atoms with Crippen molar-refractivity contribution in [1.29, 1.82) is 0 Å². The molecule has 3 rings (SSSR count). The molecule has 0 radical (unpaired) electrons. The summed E-state index contributed by atoms with van der Waals surface area (Å²) in [6.07, 6.45) is -1.82. The molecule has 1 aromatic carbocycles. The molecule has 0 saturated heterocycles. The Balaban J connectivity index is 1.68. The summed E-state index contributed by atoms with van der Waals surface area (Å²) >= 11 is 0. The van der Waals surface area contributed by atoms with Gasteiger partial charge in [0, 0.05) is 17.7 Å². The molecule has 13 nitrogen and oxygen atoms in total. The molecular formula is C20H21FN8O5. The molecule has 178 valence electrons. The number of rotatable bonds is 9. The van der Waals surface area contributed by atoms with E-state index in [-0.39, 0.29) is 29.5 Å². The number of alkyl halides is 1. The lowest BCUT2D eigenvalue weighted by Crippen LogP contribution is -2.43. The number of fused-ring (bicyclic) bond motifs is 1. The summed E-state index contributed by atoms with van der Waals surface area (Å²) < 4.78 is 13.4. The first-order valence-electron chi connectivity index (χ1n) is 9.84. The van der Waals surface area contributed by atoms with Crippen LogP contribution in [0.4, 0.5) is 21.8 Å². The van der Waals surface area contributed by atoms with Gasteiger partial charge in [0.1, 0.15) is 6.04 Å². The molecule has 0 fully saturated rings. The molecule has 8 N–H and O–H groups in total. The summed E-state index contributed by atoms with van der Waals surface area (Å²) in [7, 11) is 0. The molecule has 0 bridgehead atoms. The van der Waals surface area contributed by atoms with E-state index in [4.69, 9.17) is 21.7 Å². The summed E-state index contributed by atoms with van der Waals surface area (Å²) in [5.41, 5.74) is 13.9. The van der Waals surface area contributed by atoms with Crippen molar-refractivity contribution < 1.29 is 29.0 Å². The Bertz CT molecular complexity index is 1270. The van der Waals surface area contributed by atoms with E-state index in [0.717, 1.165) is 0 Å². The molecule has 0 unspecified atom stereocenters. The Labute approximate surface area is 191 Å². The zero-order valence-electron chi connectivity index (χ0n) is 17.8. The quantitative estimate of drug-likeness (QED) is 0.251. The number of aromatic nitrogens is 4. The number of aryl methyl sites for hydroxylation is 1. The SMILES string of the molecule is Cc1cc(C(=O)N[C@@H](C[C@H](F)C(=O)O)C(=O)O)ccc1NCc1cnc2nc(N)nc(N)c2n1. The predicted molar refractivity (Wildman–Crippen MR) is 118 cm³/mol. The first kappa shape index (κ1) is 24.0. The number of carboxylic acid groups (broad SMARTS) is 2. The Kier molecular flexibility index (Phi) is 6.99. The Morgan fingerprint density at radius 3 is 2.50 bits per heavy atom. The summed E-state index contributed by atoms with van der Waals surface area (Å²) in [5.74, 6) is -4.04. The third-order valence-corrected chi connectivity index (χ3v) is 4.76. The van der Waals surface area contributed by atoms with Gasteiger partial charge in [-0.2, -0.15) is 9.97 Å². The van der Waals surface area contributed by atoms with Gasteiger partial charge in [-0.05, 0) is 30.7 Å². The van der Waals surface area contributed by atoms with E-state index in [1.165, 1.54) is 18.3 Å². The van der Waals surface area contributed by atoms with Crippen molar-refractivity contribution in [3.8, 4) is 0 Å². The van der Waals surface area contributed by atoms with Crippen LogP contribution in [0.2, 0.25) is 0 Å².